The lowest BCUT2D eigenvalue weighted by Gasteiger charge is -2.15. The molecule has 0 saturated heterocycles. The molecule has 0 aliphatic heterocycles. The van der Waals surface area contributed by atoms with Crippen molar-refractivity contribution in [3.8, 4) is 0 Å². The van der Waals surface area contributed by atoms with Crippen LogP contribution in [0.3, 0.4) is 0 Å². The van der Waals surface area contributed by atoms with Gasteiger partial charge in [0.15, 0.2) is 0 Å². The van der Waals surface area contributed by atoms with Crippen LogP contribution < -0.4 is 0 Å². The molecule has 0 aromatic heterocycles. The minimum Gasteiger partial charge on any atom is -0.392 e. The Labute approximate surface area is 101 Å². The minimum atomic E-state index is -5.31. The molecule has 106 valence electrons. The predicted molar refractivity (Wildman–Crippen MR) is 49.0 cm³/mol. The topological polar surface area (TPSA) is 63.4 Å². The van der Waals surface area contributed by atoms with Crippen LogP contribution in [-0.4, -0.2) is 10.0 Å². The van der Waals surface area contributed by atoms with Gasteiger partial charge in [0.1, 0.15) is 5.56 Å². The van der Waals surface area contributed by atoms with Crippen molar-refractivity contribution in [1.29, 1.82) is 0 Å². The summed E-state index contributed by atoms with van der Waals surface area (Å²) < 4.78 is 74.9. The predicted octanol–water partition coefficient (Wildman–Crippen LogP) is 3.12. The lowest BCUT2D eigenvalue weighted by molar-refractivity contribution is -0.388. The Morgan fingerprint density at radius 3 is 1.84 bits per heavy atom. The smallest absolute Gasteiger partial charge is 0.392 e. The molecular formula is C9H5F6NO3. The van der Waals surface area contributed by atoms with E-state index in [0.717, 1.165) is 0 Å². The maximum absolute atomic E-state index is 12.5. The second kappa shape index (κ2) is 4.68. The fourth-order valence-electron chi connectivity index (χ4n) is 1.40. The number of rotatable bonds is 2. The van der Waals surface area contributed by atoms with Crippen molar-refractivity contribution in [2.45, 2.75) is 19.0 Å². The Kier molecular flexibility index (Phi) is 3.75. The fraction of sp³-hybridized carbons (Fsp3) is 0.333. The Bertz CT molecular complexity index is 508. The van der Waals surface area contributed by atoms with Crippen LogP contribution in [0.1, 0.15) is 16.7 Å². The van der Waals surface area contributed by atoms with Gasteiger partial charge < -0.3 is 5.11 Å². The second-order valence-corrected chi connectivity index (χ2v) is 3.44. The van der Waals surface area contributed by atoms with Crippen molar-refractivity contribution in [2.24, 2.45) is 0 Å². The highest BCUT2D eigenvalue weighted by atomic mass is 19.4. The van der Waals surface area contributed by atoms with Gasteiger partial charge in [0.25, 0.3) is 5.69 Å². The summed E-state index contributed by atoms with van der Waals surface area (Å²) in [6.45, 7) is -1.27. The molecule has 0 unspecified atom stereocenters. The first-order chi connectivity index (χ1) is 8.48. The molecule has 0 amide bonds. The van der Waals surface area contributed by atoms with E-state index in [1.54, 1.807) is 0 Å². The molecule has 1 rings (SSSR count). The SMILES string of the molecule is O=[N+]([O-])c1cc(CO)c(C(F)(F)F)cc1C(F)(F)F. The van der Waals surface area contributed by atoms with Gasteiger partial charge in [-0.05, 0) is 11.6 Å². The summed E-state index contributed by atoms with van der Waals surface area (Å²) in [6.07, 6.45) is -10.5. The highest BCUT2D eigenvalue weighted by Gasteiger charge is 2.43. The van der Waals surface area contributed by atoms with Crippen molar-refractivity contribution < 1.29 is 36.4 Å². The monoisotopic (exact) mass is 289 g/mol. The summed E-state index contributed by atoms with van der Waals surface area (Å²) in [4.78, 5) is 8.98. The zero-order valence-corrected chi connectivity index (χ0v) is 8.84. The van der Waals surface area contributed by atoms with Crippen molar-refractivity contribution in [2.75, 3.05) is 0 Å². The standard InChI is InChI=1S/C9H5F6NO3/c10-8(11,12)5-2-6(9(13,14)15)7(16(18)19)1-4(5)3-17/h1-2,17H,3H2. The van der Waals surface area contributed by atoms with Crippen molar-refractivity contribution in [3.05, 3.63) is 38.9 Å². The van der Waals surface area contributed by atoms with E-state index >= 15 is 0 Å². The van der Waals surface area contributed by atoms with Crippen LogP contribution in [0.2, 0.25) is 0 Å². The van der Waals surface area contributed by atoms with Gasteiger partial charge in [0, 0.05) is 6.07 Å². The van der Waals surface area contributed by atoms with Gasteiger partial charge >= 0.3 is 12.4 Å². The lowest BCUT2D eigenvalue weighted by atomic mass is 10.0. The molecule has 0 atom stereocenters. The van der Waals surface area contributed by atoms with Gasteiger partial charge in [-0.2, -0.15) is 26.3 Å². The van der Waals surface area contributed by atoms with Crippen molar-refractivity contribution >= 4 is 5.69 Å². The number of aliphatic hydroxyl groups is 1. The number of alkyl halides is 6. The van der Waals surface area contributed by atoms with Crippen LogP contribution in [0.25, 0.3) is 0 Å². The third-order valence-corrected chi connectivity index (χ3v) is 2.20. The number of hydrogen-bond donors (Lipinski definition) is 1. The second-order valence-electron chi connectivity index (χ2n) is 3.44. The van der Waals surface area contributed by atoms with E-state index in [1.807, 2.05) is 0 Å². The maximum Gasteiger partial charge on any atom is 0.423 e. The van der Waals surface area contributed by atoms with E-state index < -0.39 is 46.3 Å². The summed E-state index contributed by atoms with van der Waals surface area (Å²) in [7, 11) is 0. The van der Waals surface area contributed by atoms with Gasteiger partial charge in [-0.3, -0.25) is 10.1 Å². The molecule has 0 heterocycles. The molecular weight excluding hydrogens is 284 g/mol. The van der Waals surface area contributed by atoms with Crippen LogP contribution in [0.4, 0.5) is 32.0 Å². The van der Waals surface area contributed by atoms with Crippen molar-refractivity contribution in [3.63, 3.8) is 0 Å². The number of benzene rings is 1. The molecule has 1 aromatic carbocycles. The highest BCUT2D eigenvalue weighted by Crippen LogP contribution is 2.42. The van der Waals surface area contributed by atoms with E-state index in [1.165, 1.54) is 0 Å². The zero-order valence-electron chi connectivity index (χ0n) is 8.84. The van der Waals surface area contributed by atoms with Crippen LogP contribution in [-0.2, 0) is 19.0 Å². The number of aliphatic hydroxyl groups excluding tert-OH is 1. The molecule has 10 heteroatoms. The van der Waals surface area contributed by atoms with Crippen LogP contribution in [0.5, 0.6) is 0 Å². The molecule has 0 bridgehead atoms. The van der Waals surface area contributed by atoms with Gasteiger partial charge in [-0.25, -0.2) is 0 Å². The van der Waals surface area contributed by atoms with Crippen molar-refractivity contribution in [1.82, 2.24) is 0 Å². The normalized spacial score (nSPS) is 12.6. The Hall–Kier alpha value is -1.84. The lowest BCUT2D eigenvalue weighted by Crippen LogP contribution is -2.15. The molecule has 19 heavy (non-hydrogen) atoms. The number of nitrogens with zero attached hydrogens (tertiary/aromatic N) is 1. The van der Waals surface area contributed by atoms with Gasteiger partial charge in [-0.15, -0.1) is 0 Å². The number of hydrogen-bond acceptors (Lipinski definition) is 3. The zero-order chi connectivity index (χ0) is 15.0. The Balaban J connectivity index is 3.67. The van der Waals surface area contributed by atoms with Crippen LogP contribution >= 0.6 is 0 Å². The molecule has 1 N–H and O–H groups in total. The molecule has 1 aromatic rings. The third kappa shape index (κ3) is 3.13. The van der Waals surface area contributed by atoms with Crippen LogP contribution in [0, 0.1) is 10.1 Å². The minimum absolute atomic E-state index is 0.0750. The number of halogens is 6. The Morgan fingerprint density at radius 1 is 1.05 bits per heavy atom. The summed E-state index contributed by atoms with van der Waals surface area (Å²) in [5.74, 6) is 0. The molecule has 0 fully saturated rings. The van der Waals surface area contributed by atoms with E-state index in [4.69, 9.17) is 5.11 Å². The molecule has 0 aliphatic carbocycles. The van der Waals surface area contributed by atoms with E-state index in [2.05, 4.69) is 0 Å². The molecule has 0 aliphatic rings. The number of nitro benzene ring substituents is 1. The largest absolute Gasteiger partial charge is 0.423 e. The summed E-state index contributed by atoms with van der Waals surface area (Å²) in [6, 6.07) is -0.296. The van der Waals surface area contributed by atoms with Gasteiger partial charge in [-0.1, -0.05) is 0 Å². The van der Waals surface area contributed by atoms with E-state index in [-0.39, 0.29) is 12.1 Å². The Morgan fingerprint density at radius 2 is 1.53 bits per heavy atom. The molecule has 0 saturated carbocycles. The fourth-order valence-corrected chi connectivity index (χ4v) is 1.40. The number of nitro groups is 1. The van der Waals surface area contributed by atoms with E-state index in [9.17, 15) is 36.5 Å². The van der Waals surface area contributed by atoms with Gasteiger partial charge in [0.2, 0.25) is 0 Å². The maximum atomic E-state index is 12.5. The summed E-state index contributed by atoms with van der Waals surface area (Å²) >= 11 is 0. The van der Waals surface area contributed by atoms with Crippen LogP contribution in [0.15, 0.2) is 12.1 Å². The van der Waals surface area contributed by atoms with E-state index in [0.29, 0.717) is 0 Å². The molecule has 0 radical (unpaired) electrons. The third-order valence-electron chi connectivity index (χ3n) is 2.20. The first kappa shape index (κ1) is 15.2. The summed E-state index contributed by atoms with van der Waals surface area (Å²) in [5, 5.41) is 19.1. The average molecular weight is 289 g/mol. The average Bonchev–Trinajstić information content (AvgIpc) is 2.24. The first-order valence-corrected chi connectivity index (χ1v) is 4.55. The quantitative estimate of drug-likeness (QED) is 0.517. The molecule has 4 nitrogen and oxygen atoms in total. The summed E-state index contributed by atoms with van der Waals surface area (Å²) in [5.41, 5.74) is -6.30. The first-order valence-electron chi connectivity index (χ1n) is 4.55. The molecule has 0 spiro atoms. The van der Waals surface area contributed by atoms with Gasteiger partial charge in [0.05, 0.1) is 17.1 Å². The highest BCUT2D eigenvalue weighted by molar-refractivity contribution is 5.49.